The summed E-state index contributed by atoms with van der Waals surface area (Å²) in [5.41, 5.74) is 6.98. The van der Waals surface area contributed by atoms with Gasteiger partial charge in [0.05, 0.1) is 43.0 Å². The minimum absolute atomic E-state index is 0.0840. The molecular formula is C18H26N4O2. The van der Waals surface area contributed by atoms with Crippen LogP contribution in [0.5, 0.6) is 0 Å². The predicted octanol–water partition coefficient (Wildman–Crippen LogP) is 2.75. The zero-order valence-electron chi connectivity index (χ0n) is 14.9. The third kappa shape index (κ3) is 2.40. The SMILES string of the molecule is CC(C)c1n[nH]c2c1COC(C(C)(C)c1n[nH]c3c1CCOC3)C2. The quantitative estimate of drug-likeness (QED) is 0.907. The second kappa shape index (κ2) is 5.70. The molecule has 2 N–H and O–H groups in total. The molecule has 130 valence electrons. The van der Waals surface area contributed by atoms with Gasteiger partial charge in [-0.05, 0) is 12.3 Å². The van der Waals surface area contributed by atoms with Crippen LogP contribution < -0.4 is 0 Å². The third-order valence-corrected chi connectivity index (χ3v) is 5.46. The number of hydrogen-bond donors (Lipinski definition) is 2. The molecule has 0 bridgehead atoms. The average Bonchev–Trinajstić information content (AvgIpc) is 3.18. The van der Waals surface area contributed by atoms with Gasteiger partial charge < -0.3 is 9.47 Å². The van der Waals surface area contributed by atoms with Crippen molar-refractivity contribution in [3.05, 3.63) is 33.9 Å². The van der Waals surface area contributed by atoms with Crippen LogP contribution in [-0.2, 0) is 40.9 Å². The lowest BCUT2D eigenvalue weighted by atomic mass is 9.77. The van der Waals surface area contributed by atoms with Crippen LogP contribution in [0.15, 0.2) is 0 Å². The Morgan fingerprint density at radius 2 is 1.88 bits per heavy atom. The predicted molar refractivity (Wildman–Crippen MR) is 89.9 cm³/mol. The number of nitrogens with zero attached hydrogens (tertiary/aromatic N) is 2. The maximum atomic E-state index is 6.29. The largest absolute Gasteiger partial charge is 0.375 e. The van der Waals surface area contributed by atoms with E-state index in [1.165, 1.54) is 16.8 Å². The molecule has 0 spiro atoms. The first-order valence-corrected chi connectivity index (χ1v) is 8.80. The van der Waals surface area contributed by atoms with Crippen LogP contribution in [-0.4, -0.2) is 33.1 Å². The third-order valence-electron chi connectivity index (χ3n) is 5.46. The average molecular weight is 330 g/mol. The molecule has 4 rings (SSSR count). The second-order valence-corrected chi connectivity index (χ2v) is 7.78. The van der Waals surface area contributed by atoms with Crippen LogP contribution in [0.3, 0.4) is 0 Å². The Bertz CT molecular complexity index is 744. The van der Waals surface area contributed by atoms with Gasteiger partial charge in [-0.1, -0.05) is 27.7 Å². The highest BCUT2D eigenvalue weighted by Crippen LogP contribution is 2.38. The van der Waals surface area contributed by atoms with E-state index < -0.39 is 0 Å². The van der Waals surface area contributed by atoms with Crippen LogP contribution in [0.25, 0.3) is 0 Å². The minimum atomic E-state index is -0.164. The monoisotopic (exact) mass is 330 g/mol. The van der Waals surface area contributed by atoms with Crippen molar-refractivity contribution in [1.82, 2.24) is 20.4 Å². The molecule has 0 radical (unpaired) electrons. The van der Waals surface area contributed by atoms with E-state index in [1.807, 2.05) is 0 Å². The molecule has 2 aliphatic rings. The van der Waals surface area contributed by atoms with Gasteiger partial charge in [0.15, 0.2) is 0 Å². The lowest BCUT2D eigenvalue weighted by Gasteiger charge is -2.36. The summed E-state index contributed by atoms with van der Waals surface area (Å²) in [6.07, 6.45) is 1.85. The summed E-state index contributed by atoms with van der Waals surface area (Å²) in [4.78, 5) is 0. The number of fused-ring (bicyclic) bond motifs is 2. The van der Waals surface area contributed by atoms with Gasteiger partial charge in [0, 0.05) is 28.7 Å². The van der Waals surface area contributed by atoms with Gasteiger partial charge in [0.1, 0.15) is 0 Å². The maximum Gasteiger partial charge on any atom is 0.0885 e. The van der Waals surface area contributed by atoms with E-state index in [1.54, 1.807) is 0 Å². The highest BCUT2D eigenvalue weighted by molar-refractivity contribution is 5.35. The fraction of sp³-hybridized carbons (Fsp3) is 0.667. The van der Waals surface area contributed by atoms with Crippen LogP contribution in [0.4, 0.5) is 0 Å². The van der Waals surface area contributed by atoms with Gasteiger partial charge in [0.2, 0.25) is 0 Å². The molecule has 2 aromatic heterocycles. The molecule has 24 heavy (non-hydrogen) atoms. The number of rotatable bonds is 3. The van der Waals surface area contributed by atoms with Crippen molar-refractivity contribution in [3.63, 3.8) is 0 Å². The molecule has 0 saturated carbocycles. The van der Waals surface area contributed by atoms with Crippen LogP contribution in [0, 0.1) is 0 Å². The van der Waals surface area contributed by atoms with E-state index >= 15 is 0 Å². The van der Waals surface area contributed by atoms with Crippen LogP contribution >= 0.6 is 0 Å². The normalized spacial score (nSPS) is 21.0. The Balaban J connectivity index is 1.62. The topological polar surface area (TPSA) is 75.8 Å². The highest BCUT2D eigenvalue weighted by atomic mass is 16.5. The van der Waals surface area contributed by atoms with Crippen LogP contribution in [0.1, 0.15) is 67.5 Å². The van der Waals surface area contributed by atoms with E-state index in [2.05, 4.69) is 48.1 Å². The zero-order valence-corrected chi connectivity index (χ0v) is 14.9. The minimum Gasteiger partial charge on any atom is -0.375 e. The highest BCUT2D eigenvalue weighted by Gasteiger charge is 2.40. The van der Waals surface area contributed by atoms with Gasteiger partial charge in [-0.25, -0.2) is 0 Å². The summed E-state index contributed by atoms with van der Waals surface area (Å²) in [5.74, 6) is 0.413. The summed E-state index contributed by atoms with van der Waals surface area (Å²) in [6, 6.07) is 0. The molecule has 1 unspecified atom stereocenters. The summed E-state index contributed by atoms with van der Waals surface area (Å²) in [5, 5.41) is 15.5. The van der Waals surface area contributed by atoms with Crippen molar-refractivity contribution < 1.29 is 9.47 Å². The fourth-order valence-corrected chi connectivity index (χ4v) is 3.94. The lowest BCUT2D eigenvalue weighted by molar-refractivity contribution is -0.0175. The Morgan fingerprint density at radius 3 is 2.67 bits per heavy atom. The molecule has 6 heteroatoms. The van der Waals surface area contributed by atoms with Crippen LogP contribution in [0.2, 0.25) is 0 Å². The molecule has 0 amide bonds. The molecule has 0 fully saturated rings. The summed E-state index contributed by atoms with van der Waals surface area (Å²) in [7, 11) is 0. The van der Waals surface area contributed by atoms with E-state index in [0.29, 0.717) is 19.1 Å². The smallest absolute Gasteiger partial charge is 0.0885 e. The van der Waals surface area contributed by atoms with E-state index in [9.17, 15) is 0 Å². The summed E-state index contributed by atoms with van der Waals surface area (Å²) in [6.45, 7) is 10.8. The van der Waals surface area contributed by atoms with Crippen molar-refractivity contribution in [2.75, 3.05) is 6.61 Å². The Kier molecular flexibility index (Phi) is 3.77. The van der Waals surface area contributed by atoms with E-state index in [-0.39, 0.29) is 11.5 Å². The standard InChI is InChI=1S/C18H26N4O2/c1-10(2)16-12-8-24-15(7-13(12)19-21-16)18(3,4)17-11-5-6-23-9-14(11)20-22-17/h10,15H,5-9H2,1-4H3,(H,19,21)(H,20,22). The number of hydrogen-bond acceptors (Lipinski definition) is 4. The molecule has 6 nitrogen and oxygen atoms in total. The molecule has 2 aromatic rings. The molecule has 0 saturated heterocycles. The molecule has 0 aromatic carbocycles. The first kappa shape index (κ1) is 15.8. The molecule has 4 heterocycles. The molecular weight excluding hydrogens is 304 g/mol. The van der Waals surface area contributed by atoms with Gasteiger partial charge in [-0.3, -0.25) is 10.2 Å². The van der Waals surface area contributed by atoms with Crippen molar-refractivity contribution in [2.45, 2.75) is 71.2 Å². The first-order chi connectivity index (χ1) is 11.5. The summed E-state index contributed by atoms with van der Waals surface area (Å²) < 4.78 is 11.8. The zero-order chi connectivity index (χ0) is 16.9. The van der Waals surface area contributed by atoms with Crippen molar-refractivity contribution in [3.8, 4) is 0 Å². The summed E-state index contributed by atoms with van der Waals surface area (Å²) >= 11 is 0. The van der Waals surface area contributed by atoms with Gasteiger partial charge in [0.25, 0.3) is 0 Å². The number of aromatic nitrogens is 4. The first-order valence-electron chi connectivity index (χ1n) is 8.80. The van der Waals surface area contributed by atoms with Crippen molar-refractivity contribution in [1.29, 1.82) is 0 Å². The van der Waals surface area contributed by atoms with E-state index in [0.717, 1.165) is 36.5 Å². The van der Waals surface area contributed by atoms with Gasteiger partial charge >= 0.3 is 0 Å². The molecule has 1 atom stereocenters. The number of ether oxygens (including phenoxy) is 2. The molecule has 2 aliphatic heterocycles. The fourth-order valence-electron chi connectivity index (χ4n) is 3.94. The van der Waals surface area contributed by atoms with Crippen molar-refractivity contribution >= 4 is 0 Å². The van der Waals surface area contributed by atoms with E-state index in [4.69, 9.17) is 9.47 Å². The van der Waals surface area contributed by atoms with Gasteiger partial charge in [-0.2, -0.15) is 10.2 Å². The van der Waals surface area contributed by atoms with Gasteiger partial charge in [-0.15, -0.1) is 0 Å². The second-order valence-electron chi connectivity index (χ2n) is 7.78. The maximum absolute atomic E-state index is 6.29. The van der Waals surface area contributed by atoms with Crippen molar-refractivity contribution in [2.24, 2.45) is 0 Å². The lowest BCUT2D eigenvalue weighted by Crippen LogP contribution is -2.41. The Morgan fingerprint density at radius 1 is 1.08 bits per heavy atom. The Labute approximate surface area is 142 Å². The number of aromatic amines is 2. The number of nitrogens with one attached hydrogen (secondary N) is 2. The number of H-pyrrole nitrogens is 2. The molecule has 0 aliphatic carbocycles. The Hall–Kier alpha value is -1.66.